The molecule has 0 spiro atoms. The van der Waals surface area contributed by atoms with Crippen LogP contribution in [0.25, 0.3) is 0 Å². The minimum atomic E-state index is 0.274. The fraction of sp³-hybridized carbons (Fsp3) is 0.579. The predicted molar refractivity (Wildman–Crippen MR) is 102 cm³/mol. The first kappa shape index (κ1) is 16.5. The first-order valence-corrected chi connectivity index (χ1v) is 9.70. The van der Waals surface area contributed by atoms with E-state index in [1.165, 1.54) is 12.8 Å². The third-order valence-electron chi connectivity index (χ3n) is 6.18. The van der Waals surface area contributed by atoms with Gasteiger partial charge in [0.1, 0.15) is 5.82 Å². The topological polar surface area (TPSA) is 85.9 Å². The van der Waals surface area contributed by atoms with Crippen LogP contribution in [0, 0.1) is 17.2 Å². The highest BCUT2D eigenvalue weighted by Gasteiger charge is 2.47. The largest absolute Gasteiger partial charge is 0.353 e. The molecule has 27 heavy (non-hydrogen) atoms. The van der Waals surface area contributed by atoms with E-state index >= 15 is 0 Å². The van der Waals surface area contributed by atoms with Crippen LogP contribution < -0.4 is 10.2 Å². The molecule has 2 bridgehead atoms. The summed E-state index contributed by atoms with van der Waals surface area (Å²) in [6.07, 6.45) is 10.1. The second kappa shape index (κ2) is 6.50. The average molecular weight is 364 g/mol. The summed E-state index contributed by atoms with van der Waals surface area (Å²) in [5.41, 5.74) is 0.886. The number of anilines is 3. The Morgan fingerprint density at radius 3 is 2.63 bits per heavy atom. The maximum atomic E-state index is 9.07. The fourth-order valence-electron chi connectivity index (χ4n) is 4.86. The predicted octanol–water partition coefficient (Wildman–Crippen LogP) is 1.91. The molecular formula is C19H24N8. The molecule has 2 atom stereocenters. The van der Waals surface area contributed by atoms with Crippen LogP contribution in [0.4, 0.5) is 17.5 Å². The van der Waals surface area contributed by atoms with E-state index < -0.39 is 0 Å². The zero-order valence-electron chi connectivity index (χ0n) is 15.5. The molecular weight excluding hydrogens is 340 g/mol. The summed E-state index contributed by atoms with van der Waals surface area (Å²) in [4.78, 5) is 14.2. The van der Waals surface area contributed by atoms with Gasteiger partial charge in [-0.1, -0.05) is 0 Å². The summed E-state index contributed by atoms with van der Waals surface area (Å²) in [6, 6.07) is 6.19. The molecule has 2 aliphatic heterocycles. The standard InChI is InChI=1S/C19H24N8/c1-25-10-14(9-22-25)23-19-21-5-4-18(24-19)26-11-15-2-3-16(12-26)27(15)17-6-13(7-17)8-20/h4-5,9-10,13,15-17H,2-3,6-7,11-12H2,1H3,(H,21,23,24)/t13?,15-,16?,17?/m1/s1. The summed E-state index contributed by atoms with van der Waals surface area (Å²) >= 11 is 0. The summed E-state index contributed by atoms with van der Waals surface area (Å²) in [7, 11) is 1.89. The second-order valence-electron chi connectivity index (χ2n) is 7.95. The third-order valence-corrected chi connectivity index (χ3v) is 6.18. The van der Waals surface area contributed by atoms with Gasteiger partial charge in [-0.05, 0) is 31.7 Å². The number of nitrogens with one attached hydrogen (secondary N) is 1. The van der Waals surface area contributed by atoms with Crippen molar-refractivity contribution in [2.24, 2.45) is 13.0 Å². The Morgan fingerprint density at radius 2 is 1.96 bits per heavy atom. The molecule has 3 fully saturated rings. The second-order valence-corrected chi connectivity index (χ2v) is 7.95. The molecule has 2 aromatic heterocycles. The Bertz CT molecular complexity index is 851. The number of aryl methyl sites for hydroxylation is 1. The van der Waals surface area contributed by atoms with Crippen molar-refractivity contribution in [2.45, 2.75) is 43.8 Å². The van der Waals surface area contributed by atoms with Crippen LogP contribution in [-0.4, -0.2) is 55.9 Å². The van der Waals surface area contributed by atoms with Crippen molar-refractivity contribution in [1.29, 1.82) is 5.26 Å². The molecule has 2 saturated heterocycles. The maximum Gasteiger partial charge on any atom is 0.229 e. The van der Waals surface area contributed by atoms with Crippen LogP contribution >= 0.6 is 0 Å². The van der Waals surface area contributed by atoms with Crippen molar-refractivity contribution in [3.8, 4) is 6.07 Å². The van der Waals surface area contributed by atoms with Crippen molar-refractivity contribution in [2.75, 3.05) is 23.3 Å². The minimum Gasteiger partial charge on any atom is -0.353 e. The normalized spacial score (nSPS) is 30.0. The molecule has 5 rings (SSSR count). The molecule has 1 unspecified atom stereocenters. The quantitative estimate of drug-likeness (QED) is 0.887. The van der Waals surface area contributed by atoms with E-state index in [2.05, 4.69) is 31.3 Å². The average Bonchev–Trinajstić information content (AvgIpc) is 3.14. The Hall–Kier alpha value is -2.66. The molecule has 0 amide bonds. The fourth-order valence-corrected chi connectivity index (χ4v) is 4.86. The minimum absolute atomic E-state index is 0.274. The van der Waals surface area contributed by atoms with E-state index in [1.54, 1.807) is 10.9 Å². The van der Waals surface area contributed by atoms with Gasteiger partial charge in [0, 0.05) is 56.6 Å². The van der Waals surface area contributed by atoms with Crippen LogP contribution in [0.3, 0.4) is 0 Å². The highest BCUT2D eigenvalue weighted by atomic mass is 15.4. The molecule has 1 saturated carbocycles. The van der Waals surface area contributed by atoms with Crippen LogP contribution in [0.1, 0.15) is 25.7 Å². The van der Waals surface area contributed by atoms with Crippen molar-refractivity contribution in [3.63, 3.8) is 0 Å². The van der Waals surface area contributed by atoms with Gasteiger partial charge >= 0.3 is 0 Å². The third kappa shape index (κ3) is 3.02. The smallest absolute Gasteiger partial charge is 0.229 e. The van der Waals surface area contributed by atoms with Gasteiger partial charge in [-0.25, -0.2) is 4.98 Å². The zero-order valence-corrected chi connectivity index (χ0v) is 15.5. The number of hydrogen-bond donors (Lipinski definition) is 1. The molecule has 8 heteroatoms. The van der Waals surface area contributed by atoms with Crippen LogP contribution in [-0.2, 0) is 7.05 Å². The van der Waals surface area contributed by atoms with Crippen molar-refractivity contribution in [3.05, 3.63) is 24.7 Å². The SMILES string of the molecule is Cn1cc(Nc2nccc(N3CC4CC[C@H](C3)N4C3CC(C#N)C3)n2)cn1. The Kier molecular flexibility index (Phi) is 3.97. The van der Waals surface area contributed by atoms with E-state index in [0.717, 1.165) is 37.4 Å². The molecule has 0 aromatic carbocycles. The number of rotatable bonds is 4. The zero-order chi connectivity index (χ0) is 18.4. The van der Waals surface area contributed by atoms with Gasteiger partial charge in [-0.3, -0.25) is 9.58 Å². The lowest BCUT2D eigenvalue weighted by molar-refractivity contribution is 0.0437. The molecule has 140 valence electrons. The summed E-state index contributed by atoms with van der Waals surface area (Å²) in [5, 5.41) is 16.5. The summed E-state index contributed by atoms with van der Waals surface area (Å²) in [5.74, 6) is 1.86. The van der Waals surface area contributed by atoms with E-state index in [0.29, 0.717) is 24.1 Å². The van der Waals surface area contributed by atoms with Gasteiger partial charge in [0.05, 0.1) is 18.0 Å². The van der Waals surface area contributed by atoms with Gasteiger partial charge in [0.15, 0.2) is 0 Å². The van der Waals surface area contributed by atoms with Gasteiger partial charge < -0.3 is 10.2 Å². The molecule has 1 N–H and O–H groups in total. The molecule has 1 aliphatic carbocycles. The van der Waals surface area contributed by atoms with Gasteiger partial charge in [-0.2, -0.15) is 15.3 Å². The number of aromatic nitrogens is 4. The first-order chi connectivity index (χ1) is 13.2. The van der Waals surface area contributed by atoms with Crippen LogP contribution in [0.5, 0.6) is 0 Å². The lowest BCUT2D eigenvalue weighted by Gasteiger charge is -2.49. The summed E-state index contributed by atoms with van der Waals surface area (Å²) < 4.78 is 1.75. The Balaban J connectivity index is 1.28. The highest BCUT2D eigenvalue weighted by Crippen LogP contribution is 2.41. The van der Waals surface area contributed by atoms with Crippen molar-refractivity contribution >= 4 is 17.5 Å². The van der Waals surface area contributed by atoms with E-state index in [-0.39, 0.29) is 5.92 Å². The van der Waals surface area contributed by atoms with Gasteiger partial charge in [0.25, 0.3) is 0 Å². The molecule has 3 aliphatic rings. The Labute approximate surface area is 158 Å². The lowest BCUT2D eigenvalue weighted by Crippen LogP contribution is -2.60. The summed E-state index contributed by atoms with van der Waals surface area (Å²) in [6.45, 7) is 2.02. The van der Waals surface area contributed by atoms with Gasteiger partial charge in [0.2, 0.25) is 5.95 Å². The maximum absolute atomic E-state index is 9.07. The van der Waals surface area contributed by atoms with E-state index in [9.17, 15) is 0 Å². The van der Waals surface area contributed by atoms with Crippen LogP contribution in [0.2, 0.25) is 0 Å². The van der Waals surface area contributed by atoms with E-state index in [1.807, 2.05) is 25.5 Å². The number of hydrogen-bond acceptors (Lipinski definition) is 7. The number of nitrogens with zero attached hydrogens (tertiary/aromatic N) is 7. The Morgan fingerprint density at radius 1 is 1.19 bits per heavy atom. The monoisotopic (exact) mass is 364 g/mol. The molecule has 2 aromatic rings. The lowest BCUT2D eigenvalue weighted by atomic mass is 9.79. The van der Waals surface area contributed by atoms with Crippen molar-refractivity contribution in [1.82, 2.24) is 24.6 Å². The van der Waals surface area contributed by atoms with E-state index in [4.69, 9.17) is 10.2 Å². The molecule has 0 radical (unpaired) electrons. The number of nitriles is 1. The van der Waals surface area contributed by atoms with Gasteiger partial charge in [-0.15, -0.1) is 0 Å². The molecule has 8 nitrogen and oxygen atoms in total. The van der Waals surface area contributed by atoms with Crippen LogP contribution in [0.15, 0.2) is 24.7 Å². The molecule has 4 heterocycles. The highest BCUT2D eigenvalue weighted by molar-refractivity contribution is 5.53. The first-order valence-electron chi connectivity index (χ1n) is 9.70. The number of piperazine rings is 1. The van der Waals surface area contributed by atoms with Crippen molar-refractivity contribution < 1.29 is 0 Å². The number of fused-ring (bicyclic) bond motifs is 2.